The molecule has 1 aliphatic heterocycles. The fourth-order valence-electron chi connectivity index (χ4n) is 1.12. The Kier molecular flexibility index (Phi) is 2.54. The highest BCUT2D eigenvalue weighted by Gasteiger charge is 2.13. The zero-order valence-corrected chi connectivity index (χ0v) is 6.43. The minimum absolute atomic E-state index is 0.514. The van der Waals surface area contributed by atoms with E-state index in [1.807, 2.05) is 0 Å². The van der Waals surface area contributed by atoms with Crippen LogP contribution < -0.4 is 11.1 Å². The average Bonchev–Trinajstić information content (AvgIpc) is 2.31. The summed E-state index contributed by atoms with van der Waals surface area (Å²) in [4.78, 5) is 4.05. The molecule has 0 spiro atoms. The molecule has 0 saturated heterocycles. The van der Waals surface area contributed by atoms with Gasteiger partial charge in [0.05, 0.1) is 6.54 Å². The Morgan fingerprint density at radius 2 is 2.60 bits per heavy atom. The molecule has 58 valence electrons. The number of nitrogens with one attached hydrogen (secondary N) is 1. The number of hydrogen-bond donors (Lipinski definition) is 2. The molecule has 0 fully saturated rings. The predicted octanol–water partition coefficient (Wildman–Crippen LogP) is 0.463. The maximum Gasteiger partial charge on any atom is 0.188 e. The number of unbranched alkanes of at least 4 members (excludes halogenated alkanes) is 1. The second kappa shape index (κ2) is 3.44. The number of nitrogens with two attached hydrogens (primary N) is 1. The third kappa shape index (κ3) is 1.90. The van der Waals surface area contributed by atoms with Crippen LogP contribution in [0.25, 0.3) is 0 Å². The van der Waals surface area contributed by atoms with E-state index in [0.717, 1.165) is 6.54 Å². The molecule has 3 N–H and O–H groups in total. The molecule has 3 nitrogen and oxygen atoms in total. The first-order valence-corrected chi connectivity index (χ1v) is 3.89. The van der Waals surface area contributed by atoms with E-state index in [-0.39, 0.29) is 0 Å². The molecule has 1 atom stereocenters. The Bertz CT molecular complexity index is 131. The minimum Gasteiger partial charge on any atom is -0.370 e. The molecule has 1 heterocycles. The van der Waals surface area contributed by atoms with Gasteiger partial charge < -0.3 is 11.1 Å². The topological polar surface area (TPSA) is 50.4 Å². The summed E-state index contributed by atoms with van der Waals surface area (Å²) in [5.41, 5.74) is 5.44. The lowest BCUT2D eigenvalue weighted by atomic mass is 10.1. The number of hydrogen-bond acceptors (Lipinski definition) is 3. The van der Waals surface area contributed by atoms with E-state index >= 15 is 0 Å². The van der Waals surface area contributed by atoms with Crippen LogP contribution in [0, 0.1) is 0 Å². The first-order valence-electron chi connectivity index (χ1n) is 3.89. The van der Waals surface area contributed by atoms with Gasteiger partial charge in [-0.2, -0.15) is 0 Å². The van der Waals surface area contributed by atoms with E-state index < -0.39 is 0 Å². The minimum atomic E-state index is 0.514. The fraction of sp³-hybridized carbons (Fsp3) is 0.857. The number of aliphatic imine (C=N–C) groups is 1. The van der Waals surface area contributed by atoms with E-state index in [2.05, 4.69) is 17.2 Å². The van der Waals surface area contributed by atoms with Crippen LogP contribution in [0.5, 0.6) is 0 Å². The SMILES string of the molecule is CCCC[C@H]1CN=C(N)N1. The van der Waals surface area contributed by atoms with Gasteiger partial charge in [-0.25, -0.2) is 0 Å². The second-order valence-corrected chi connectivity index (χ2v) is 2.71. The molecule has 0 saturated carbocycles. The van der Waals surface area contributed by atoms with Crippen molar-refractivity contribution in [3.8, 4) is 0 Å². The molecule has 3 heteroatoms. The van der Waals surface area contributed by atoms with Gasteiger partial charge in [-0.15, -0.1) is 0 Å². The summed E-state index contributed by atoms with van der Waals surface area (Å²) < 4.78 is 0. The van der Waals surface area contributed by atoms with Crippen LogP contribution in [0.4, 0.5) is 0 Å². The normalized spacial score (nSPS) is 24.1. The van der Waals surface area contributed by atoms with Gasteiger partial charge in [0.1, 0.15) is 0 Å². The van der Waals surface area contributed by atoms with Gasteiger partial charge in [-0.3, -0.25) is 4.99 Å². The molecular weight excluding hydrogens is 126 g/mol. The summed E-state index contributed by atoms with van der Waals surface area (Å²) in [6, 6.07) is 0.514. The van der Waals surface area contributed by atoms with E-state index in [1.54, 1.807) is 0 Å². The highest BCUT2D eigenvalue weighted by atomic mass is 15.2. The Labute approximate surface area is 61.7 Å². The lowest BCUT2D eigenvalue weighted by Gasteiger charge is -2.08. The van der Waals surface area contributed by atoms with Gasteiger partial charge >= 0.3 is 0 Å². The Morgan fingerprint density at radius 1 is 1.80 bits per heavy atom. The maximum absolute atomic E-state index is 5.44. The third-order valence-corrected chi connectivity index (χ3v) is 1.74. The van der Waals surface area contributed by atoms with E-state index in [1.165, 1.54) is 19.3 Å². The highest BCUT2D eigenvalue weighted by Crippen LogP contribution is 2.03. The second-order valence-electron chi connectivity index (χ2n) is 2.71. The smallest absolute Gasteiger partial charge is 0.188 e. The largest absolute Gasteiger partial charge is 0.370 e. The average molecular weight is 141 g/mol. The van der Waals surface area contributed by atoms with Gasteiger partial charge in [0, 0.05) is 6.04 Å². The van der Waals surface area contributed by atoms with Gasteiger partial charge in [-0.1, -0.05) is 19.8 Å². The third-order valence-electron chi connectivity index (χ3n) is 1.74. The number of nitrogens with zero attached hydrogens (tertiary/aromatic N) is 1. The number of guanidine groups is 1. The van der Waals surface area contributed by atoms with Crippen molar-refractivity contribution in [1.29, 1.82) is 0 Å². The first-order chi connectivity index (χ1) is 4.83. The van der Waals surface area contributed by atoms with Gasteiger partial charge in [-0.05, 0) is 6.42 Å². The van der Waals surface area contributed by atoms with Crippen molar-refractivity contribution in [2.75, 3.05) is 6.54 Å². The van der Waals surface area contributed by atoms with Crippen LogP contribution in [0.15, 0.2) is 4.99 Å². The molecule has 10 heavy (non-hydrogen) atoms. The van der Waals surface area contributed by atoms with Crippen molar-refractivity contribution in [2.45, 2.75) is 32.2 Å². The molecule has 0 aliphatic carbocycles. The first kappa shape index (κ1) is 7.38. The van der Waals surface area contributed by atoms with Crippen molar-refractivity contribution in [3.05, 3.63) is 0 Å². The molecule has 1 aliphatic rings. The van der Waals surface area contributed by atoms with Crippen LogP contribution in [0.2, 0.25) is 0 Å². The van der Waals surface area contributed by atoms with Crippen LogP contribution >= 0.6 is 0 Å². The predicted molar refractivity (Wildman–Crippen MR) is 42.9 cm³/mol. The number of rotatable bonds is 3. The summed E-state index contributed by atoms with van der Waals surface area (Å²) >= 11 is 0. The Morgan fingerprint density at radius 3 is 3.10 bits per heavy atom. The highest BCUT2D eigenvalue weighted by molar-refractivity contribution is 5.79. The zero-order chi connectivity index (χ0) is 7.40. The summed E-state index contributed by atoms with van der Waals surface area (Å²) in [7, 11) is 0. The molecular formula is C7H15N3. The fourth-order valence-corrected chi connectivity index (χ4v) is 1.12. The van der Waals surface area contributed by atoms with Gasteiger partial charge in [0.15, 0.2) is 5.96 Å². The lowest BCUT2D eigenvalue weighted by molar-refractivity contribution is 0.566. The van der Waals surface area contributed by atoms with Crippen molar-refractivity contribution in [1.82, 2.24) is 5.32 Å². The molecule has 0 aromatic rings. The van der Waals surface area contributed by atoms with Crippen molar-refractivity contribution in [2.24, 2.45) is 10.7 Å². The summed E-state index contributed by atoms with van der Waals surface area (Å²) in [6.45, 7) is 3.06. The Hall–Kier alpha value is -0.730. The maximum atomic E-state index is 5.44. The van der Waals surface area contributed by atoms with E-state index in [4.69, 9.17) is 5.73 Å². The van der Waals surface area contributed by atoms with E-state index in [9.17, 15) is 0 Å². The standard InChI is InChI=1S/C7H15N3/c1-2-3-4-6-5-9-7(8)10-6/h6H,2-5H2,1H3,(H3,8,9,10)/t6-/m0/s1. The van der Waals surface area contributed by atoms with Crippen molar-refractivity contribution < 1.29 is 0 Å². The summed E-state index contributed by atoms with van der Waals surface area (Å²) in [6.07, 6.45) is 3.71. The van der Waals surface area contributed by atoms with Crippen LogP contribution in [0.1, 0.15) is 26.2 Å². The molecule has 0 unspecified atom stereocenters. The van der Waals surface area contributed by atoms with Crippen LogP contribution in [-0.4, -0.2) is 18.5 Å². The van der Waals surface area contributed by atoms with E-state index in [0.29, 0.717) is 12.0 Å². The summed E-state index contributed by atoms with van der Waals surface area (Å²) in [5, 5.41) is 3.12. The van der Waals surface area contributed by atoms with Crippen molar-refractivity contribution >= 4 is 5.96 Å². The molecule has 0 aromatic heterocycles. The quantitative estimate of drug-likeness (QED) is 0.600. The Balaban J connectivity index is 2.11. The molecule has 0 radical (unpaired) electrons. The summed E-state index contributed by atoms with van der Waals surface area (Å²) in [5.74, 6) is 0.612. The van der Waals surface area contributed by atoms with Gasteiger partial charge in [0.25, 0.3) is 0 Å². The van der Waals surface area contributed by atoms with Crippen molar-refractivity contribution in [3.63, 3.8) is 0 Å². The molecule has 1 rings (SSSR count). The zero-order valence-electron chi connectivity index (χ0n) is 6.43. The molecule has 0 amide bonds. The van der Waals surface area contributed by atoms with Crippen LogP contribution in [-0.2, 0) is 0 Å². The van der Waals surface area contributed by atoms with Gasteiger partial charge in [0.2, 0.25) is 0 Å². The molecule has 0 aromatic carbocycles. The van der Waals surface area contributed by atoms with Crippen LogP contribution in [0.3, 0.4) is 0 Å². The monoisotopic (exact) mass is 141 g/mol. The lowest BCUT2D eigenvalue weighted by Crippen LogP contribution is -2.34. The molecule has 0 bridgehead atoms.